The van der Waals surface area contributed by atoms with Crippen LogP contribution in [0.25, 0.3) is 0 Å². The van der Waals surface area contributed by atoms with Gasteiger partial charge < -0.3 is 48.8 Å². The Kier molecular flexibility index (Phi) is 16.6. The van der Waals surface area contributed by atoms with Crippen LogP contribution in [0.15, 0.2) is 122 Å². The molecular formula is C78H89N3O15. The van der Waals surface area contributed by atoms with Crippen molar-refractivity contribution in [3.8, 4) is 34.5 Å². The SMILES string of the molecule is C/C=C/C=C/C(=O)Oc1ccc2c3c1O[C@H]1C(=O)CC[C@@]4(O)[C@@H](C2)N(CC2CC2)CC[C@]314.C/C=C/C=C/C(=O)Oc1ccc2c3c1O[C@H]1[C@@H](O)CC[C@@]4(O)[C@@H](C2)N(CC2CCC2)CC[C@]314.C=CCN1CC[C@]23c4c5ccc(OC(=O)/C=C/C=C/C)c4O[C@H]2C(=O)CC[C@@]3(O)[C@H]1C5. The first-order chi connectivity index (χ1) is 46.4. The molecule has 5 saturated carbocycles. The molecule has 4 N–H and O–H groups in total. The Hall–Kier alpha value is -7.29. The van der Waals surface area contributed by atoms with Crippen molar-refractivity contribution < 1.29 is 72.8 Å². The van der Waals surface area contributed by atoms with E-state index in [9.17, 15) is 44.4 Å². The van der Waals surface area contributed by atoms with Crippen LogP contribution in [-0.4, -0.2) is 163 Å². The number of carbonyl (C=O) groups excluding carboxylic acids is 5. The molecular weight excluding hydrogens is 1220 g/mol. The summed E-state index contributed by atoms with van der Waals surface area (Å²) in [4.78, 5) is 70.3. The van der Waals surface area contributed by atoms with Gasteiger partial charge in [0.2, 0.25) is 0 Å². The molecule has 3 spiro atoms. The van der Waals surface area contributed by atoms with Gasteiger partial charge in [-0.3, -0.25) is 24.3 Å². The summed E-state index contributed by atoms with van der Waals surface area (Å²) in [5.74, 6) is 2.51. The number of aliphatic hydroxyl groups excluding tert-OH is 1. The molecule has 6 heterocycles. The second-order valence-corrected chi connectivity index (χ2v) is 29.4. The molecule has 0 amide bonds. The fourth-order valence-electron chi connectivity index (χ4n) is 20.3. The lowest BCUT2D eigenvalue weighted by atomic mass is 9.48. The van der Waals surface area contributed by atoms with Crippen LogP contribution in [0.1, 0.15) is 144 Å². The molecule has 0 aromatic heterocycles. The van der Waals surface area contributed by atoms with Crippen LogP contribution in [0.2, 0.25) is 0 Å². The first-order valence-electron chi connectivity index (χ1n) is 35.2. The number of hydrogen-bond donors (Lipinski definition) is 4. The van der Waals surface area contributed by atoms with E-state index in [0.717, 1.165) is 97.2 Å². The van der Waals surface area contributed by atoms with Gasteiger partial charge in [0, 0.05) is 92.1 Å². The number of hydrogen-bond acceptors (Lipinski definition) is 18. The Morgan fingerprint density at radius 1 is 0.521 bits per heavy atom. The minimum absolute atomic E-state index is 0.00772. The normalized spacial score (nSPS) is 35.3. The molecule has 18 heteroatoms. The van der Waals surface area contributed by atoms with Gasteiger partial charge in [-0.2, -0.15) is 0 Å². The predicted molar refractivity (Wildman–Crippen MR) is 356 cm³/mol. The van der Waals surface area contributed by atoms with Crippen LogP contribution < -0.4 is 28.4 Å². The highest BCUT2D eigenvalue weighted by Crippen LogP contribution is 2.69. The van der Waals surface area contributed by atoms with Gasteiger partial charge in [0.05, 0.1) is 39.2 Å². The fraction of sp³-hybridized carbons (Fsp3) is 0.526. The lowest BCUT2D eigenvalue weighted by molar-refractivity contribution is -0.209. The molecule has 17 rings (SSSR count). The third kappa shape index (κ3) is 9.74. The third-order valence-electron chi connectivity index (χ3n) is 24.7. The maximum atomic E-state index is 13.1. The Balaban J connectivity index is 0.000000118. The molecule has 3 aromatic rings. The van der Waals surface area contributed by atoms with Gasteiger partial charge >= 0.3 is 17.9 Å². The van der Waals surface area contributed by atoms with Crippen LogP contribution in [0.4, 0.5) is 0 Å². The number of Topliss-reactive ketones (excluding diaryl/α,β-unsaturated/α-hetero) is 2. The van der Waals surface area contributed by atoms with Crippen molar-refractivity contribution in [2.45, 2.75) is 206 Å². The lowest BCUT2D eigenvalue weighted by Crippen LogP contribution is -2.77. The molecule has 96 heavy (non-hydrogen) atoms. The van der Waals surface area contributed by atoms with Crippen molar-refractivity contribution in [2.24, 2.45) is 11.8 Å². The van der Waals surface area contributed by atoms with E-state index in [1.807, 2.05) is 69.3 Å². The van der Waals surface area contributed by atoms with E-state index in [2.05, 4.69) is 21.3 Å². The number of aliphatic hydroxyl groups is 4. The van der Waals surface area contributed by atoms with E-state index in [-0.39, 0.29) is 36.1 Å². The first kappa shape index (κ1) is 64.7. The summed E-state index contributed by atoms with van der Waals surface area (Å²) >= 11 is 0. The molecule has 14 aliphatic rings. The zero-order valence-electron chi connectivity index (χ0n) is 55.3. The van der Waals surface area contributed by atoms with Crippen LogP contribution in [0.3, 0.4) is 0 Å². The third-order valence-corrected chi connectivity index (χ3v) is 24.7. The van der Waals surface area contributed by atoms with Crippen molar-refractivity contribution in [1.82, 2.24) is 14.7 Å². The number of piperidine rings is 3. The van der Waals surface area contributed by atoms with Gasteiger partial charge in [-0.15, -0.1) is 6.58 Å². The number of benzene rings is 3. The molecule has 6 aliphatic heterocycles. The van der Waals surface area contributed by atoms with E-state index in [1.165, 1.54) is 50.3 Å². The smallest absolute Gasteiger partial charge is 0.336 e. The Morgan fingerprint density at radius 2 is 0.917 bits per heavy atom. The highest BCUT2D eigenvalue weighted by molar-refractivity contribution is 5.92. The number of likely N-dealkylation sites (tertiary alicyclic amines) is 3. The Bertz CT molecular complexity index is 3900. The summed E-state index contributed by atoms with van der Waals surface area (Å²) < 4.78 is 35.8. The molecule has 506 valence electrons. The number of rotatable bonds is 15. The quantitative estimate of drug-likeness (QED) is 0.0367. The van der Waals surface area contributed by atoms with Crippen molar-refractivity contribution in [2.75, 3.05) is 39.3 Å². The zero-order chi connectivity index (χ0) is 66.7. The van der Waals surface area contributed by atoms with E-state index >= 15 is 0 Å². The minimum Gasteiger partial charge on any atom is -0.482 e. The second kappa shape index (κ2) is 24.6. The Morgan fingerprint density at radius 3 is 1.33 bits per heavy atom. The van der Waals surface area contributed by atoms with Gasteiger partial charge in [0.1, 0.15) is 6.10 Å². The zero-order valence-corrected chi connectivity index (χ0v) is 55.3. The maximum Gasteiger partial charge on any atom is 0.336 e. The van der Waals surface area contributed by atoms with E-state index in [4.69, 9.17) is 28.4 Å². The van der Waals surface area contributed by atoms with Gasteiger partial charge in [-0.05, 0) is 170 Å². The predicted octanol–water partition coefficient (Wildman–Crippen LogP) is 8.53. The minimum atomic E-state index is -1.07. The van der Waals surface area contributed by atoms with Crippen molar-refractivity contribution >= 4 is 29.5 Å². The average Bonchev–Trinajstić information content (AvgIpc) is 1.43. The average molecular weight is 1310 g/mol. The van der Waals surface area contributed by atoms with Crippen LogP contribution in [0, 0.1) is 11.8 Å². The van der Waals surface area contributed by atoms with Crippen LogP contribution in [0.5, 0.6) is 34.5 Å². The summed E-state index contributed by atoms with van der Waals surface area (Å²) in [6.07, 6.45) is 32.2. The second-order valence-electron chi connectivity index (χ2n) is 29.4. The summed E-state index contributed by atoms with van der Waals surface area (Å²) in [6.45, 7) is 14.8. The monoisotopic (exact) mass is 1310 g/mol. The summed E-state index contributed by atoms with van der Waals surface area (Å²) in [5, 5.41) is 47.7. The van der Waals surface area contributed by atoms with E-state index in [1.54, 1.807) is 48.6 Å². The molecule has 13 atom stereocenters. The highest BCUT2D eigenvalue weighted by atomic mass is 16.6. The van der Waals surface area contributed by atoms with E-state index in [0.29, 0.717) is 92.4 Å². The molecule has 3 saturated heterocycles. The standard InChI is InChI=1S/C27H33NO5.C26H29NO5.C25H27NO5/c1-2-3-4-8-22(30)32-20-10-9-18-15-21-27(31)12-11-19(29)25-26(27,23(18)24(20)33-25)13-14-28(21)16-17-6-5-7-17;1-2-3-4-5-21(29)31-19-9-8-17-14-20-26(30)11-10-18(28)24-25(26,22(17)23(19)32-24)12-13-27(20)15-16-6-7-16;1-3-5-6-7-20(28)30-18-9-8-16-15-19-25(29)11-10-17(27)23-24(25,21(16)22(18)31-23)12-14-26(19)13-4-2/h2-4,8-10,17,19,21,25,29,31H,5-7,11-16H2,1H3;2-5,8-9,16,20,24,30H,6-7,10-15H2,1H3;3-9,19,23,29H,2,10-15H2,1H3/b3-2+,8-4+;3-2+,5-4+;5-3+,7-6+/t19-,21+,25-,26-,27+;20-,24+,25+,26-;19-,23+,24+,25-/m011/s1. The molecule has 3 aromatic carbocycles. The first-order valence-corrected chi connectivity index (χ1v) is 35.2. The van der Waals surface area contributed by atoms with Crippen molar-refractivity contribution in [3.05, 3.63) is 155 Å². The summed E-state index contributed by atoms with van der Waals surface area (Å²) in [7, 11) is 0. The van der Waals surface area contributed by atoms with Crippen molar-refractivity contribution in [1.29, 1.82) is 0 Å². The molecule has 8 fully saturated rings. The molecule has 8 aliphatic carbocycles. The van der Waals surface area contributed by atoms with E-state index < -0.39 is 75.4 Å². The molecule has 0 unspecified atom stereocenters. The molecule has 6 bridgehead atoms. The maximum absolute atomic E-state index is 13.1. The number of ether oxygens (including phenoxy) is 6. The number of ketones is 2. The van der Waals surface area contributed by atoms with Gasteiger partial charge in [-0.25, -0.2) is 14.4 Å². The van der Waals surface area contributed by atoms with Crippen molar-refractivity contribution in [3.63, 3.8) is 0 Å². The number of nitrogens with zero attached hydrogens (tertiary/aromatic N) is 3. The summed E-state index contributed by atoms with van der Waals surface area (Å²) in [5.41, 5.74) is 0.823. The molecule has 0 radical (unpaired) electrons. The fourth-order valence-corrected chi connectivity index (χ4v) is 20.3. The number of carbonyl (C=O) groups is 5. The highest BCUT2D eigenvalue weighted by Gasteiger charge is 2.76. The van der Waals surface area contributed by atoms with Gasteiger partial charge in [0.25, 0.3) is 0 Å². The number of esters is 3. The van der Waals surface area contributed by atoms with Crippen LogP contribution in [-0.2, 0) is 59.5 Å². The largest absolute Gasteiger partial charge is 0.482 e. The summed E-state index contributed by atoms with van der Waals surface area (Å²) in [6, 6.07) is 11.2. The number of allylic oxidation sites excluding steroid dienone is 9. The molecule has 18 nitrogen and oxygen atoms in total. The van der Waals surface area contributed by atoms with Gasteiger partial charge in [0.15, 0.2) is 58.3 Å². The topological polar surface area (TPSA) is 231 Å². The lowest BCUT2D eigenvalue weighted by Gasteiger charge is -2.64. The Labute approximate surface area is 560 Å². The van der Waals surface area contributed by atoms with Gasteiger partial charge in [-0.1, -0.05) is 85.4 Å². The van der Waals surface area contributed by atoms with Crippen LogP contribution >= 0.6 is 0 Å².